The average molecular weight is 351 g/mol. The van der Waals surface area contributed by atoms with Gasteiger partial charge in [-0.15, -0.1) is 0 Å². The van der Waals surface area contributed by atoms with E-state index in [9.17, 15) is 9.59 Å². The summed E-state index contributed by atoms with van der Waals surface area (Å²) >= 11 is 5.17. The van der Waals surface area contributed by atoms with Crippen molar-refractivity contribution in [3.05, 3.63) is 68.7 Å². The number of rotatable bonds is 1. The Balaban J connectivity index is 1.83. The zero-order chi connectivity index (χ0) is 17.7. The van der Waals surface area contributed by atoms with E-state index < -0.39 is 0 Å². The molecule has 3 aromatic rings. The second kappa shape index (κ2) is 5.67. The molecule has 0 saturated heterocycles. The van der Waals surface area contributed by atoms with E-state index in [4.69, 9.17) is 12.2 Å². The summed E-state index contributed by atoms with van der Waals surface area (Å²) in [5.74, 6) is -0.0701. The van der Waals surface area contributed by atoms with Gasteiger partial charge in [0, 0.05) is 24.3 Å². The minimum atomic E-state index is -0.169. The third-order valence-corrected chi connectivity index (χ3v) is 5.15. The SMILES string of the molecule is C[C@@H]1Cc2ccccc2N1C(=O)c1ccc2c(=O)n(C)c(=S)[nH]c2c1. The number of aromatic nitrogens is 2. The van der Waals surface area contributed by atoms with Crippen LogP contribution in [0.15, 0.2) is 47.3 Å². The number of hydrogen-bond acceptors (Lipinski definition) is 3. The smallest absolute Gasteiger partial charge is 0.261 e. The van der Waals surface area contributed by atoms with Crippen molar-refractivity contribution in [2.75, 3.05) is 4.90 Å². The summed E-state index contributed by atoms with van der Waals surface area (Å²) in [7, 11) is 1.63. The molecule has 0 unspecified atom stereocenters. The number of para-hydroxylation sites is 1. The van der Waals surface area contributed by atoms with Crippen LogP contribution in [0.1, 0.15) is 22.8 Å². The second-order valence-corrected chi connectivity index (χ2v) is 6.80. The Morgan fingerprint density at radius 2 is 2.00 bits per heavy atom. The van der Waals surface area contributed by atoms with Gasteiger partial charge >= 0.3 is 0 Å². The first kappa shape index (κ1) is 15.8. The van der Waals surface area contributed by atoms with Crippen molar-refractivity contribution in [3.8, 4) is 0 Å². The lowest BCUT2D eigenvalue weighted by atomic mass is 10.1. The number of H-pyrrole nitrogens is 1. The Morgan fingerprint density at radius 3 is 2.80 bits per heavy atom. The molecule has 1 atom stereocenters. The second-order valence-electron chi connectivity index (χ2n) is 6.41. The average Bonchev–Trinajstić information content (AvgIpc) is 2.94. The van der Waals surface area contributed by atoms with Gasteiger partial charge in [0.15, 0.2) is 4.77 Å². The van der Waals surface area contributed by atoms with Crippen LogP contribution >= 0.6 is 12.2 Å². The molecule has 0 fully saturated rings. The molecule has 0 spiro atoms. The van der Waals surface area contributed by atoms with E-state index in [1.165, 1.54) is 10.1 Å². The summed E-state index contributed by atoms with van der Waals surface area (Å²) in [6.07, 6.45) is 0.846. The van der Waals surface area contributed by atoms with Gasteiger partial charge < -0.3 is 9.88 Å². The Morgan fingerprint density at radius 1 is 1.24 bits per heavy atom. The predicted molar refractivity (Wildman–Crippen MR) is 101 cm³/mol. The standard InChI is InChI=1S/C19H17N3O2S/c1-11-9-12-5-3-4-6-16(12)22(11)17(23)13-7-8-14-15(10-13)20-19(25)21(2)18(14)24/h3-8,10-11H,9H2,1-2H3,(H,20,25)/t11-/m1/s1. The van der Waals surface area contributed by atoms with E-state index in [0.717, 1.165) is 12.1 Å². The molecular weight excluding hydrogens is 334 g/mol. The predicted octanol–water partition coefficient (Wildman–Crippen LogP) is 3.19. The Hall–Kier alpha value is -2.73. The first-order valence-electron chi connectivity index (χ1n) is 8.12. The minimum Gasteiger partial charge on any atom is -0.332 e. The molecule has 0 radical (unpaired) electrons. The zero-order valence-electron chi connectivity index (χ0n) is 13.9. The highest BCUT2D eigenvalue weighted by Crippen LogP contribution is 2.33. The van der Waals surface area contributed by atoms with Gasteiger partial charge in [-0.3, -0.25) is 14.2 Å². The molecule has 5 nitrogen and oxygen atoms in total. The van der Waals surface area contributed by atoms with Crippen LogP contribution in [0, 0.1) is 4.77 Å². The van der Waals surface area contributed by atoms with Gasteiger partial charge in [-0.25, -0.2) is 0 Å². The number of amides is 1. The number of hydrogen-bond donors (Lipinski definition) is 1. The van der Waals surface area contributed by atoms with E-state index in [1.807, 2.05) is 30.0 Å². The Kier molecular flexibility index (Phi) is 3.58. The van der Waals surface area contributed by atoms with Crippen LogP contribution in [0.25, 0.3) is 10.9 Å². The van der Waals surface area contributed by atoms with Crippen molar-refractivity contribution >= 4 is 34.7 Å². The van der Waals surface area contributed by atoms with Crippen LogP contribution in [0.4, 0.5) is 5.69 Å². The fraction of sp³-hybridized carbons (Fsp3) is 0.211. The van der Waals surface area contributed by atoms with Gasteiger partial charge in [-0.2, -0.15) is 0 Å². The van der Waals surface area contributed by atoms with Crippen LogP contribution in [0.5, 0.6) is 0 Å². The maximum absolute atomic E-state index is 13.1. The summed E-state index contributed by atoms with van der Waals surface area (Å²) < 4.78 is 1.72. The number of nitrogens with one attached hydrogen (secondary N) is 1. The highest BCUT2D eigenvalue weighted by atomic mass is 32.1. The van der Waals surface area contributed by atoms with E-state index >= 15 is 0 Å². The molecule has 6 heteroatoms. The molecule has 1 amide bonds. The summed E-state index contributed by atoms with van der Waals surface area (Å²) in [5.41, 5.74) is 3.08. The molecule has 1 aliphatic rings. The van der Waals surface area contributed by atoms with Crippen LogP contribution in [-0.2, 0) is 13.5 Å². The number of nitrogens with zero attached hydrogens (tertiary/aromatic N) is 2. The molecule has 2 aromatic carbocycles. The Bertz CT molecular complexity index is 1130. The summed E-state index contributed by atoms with van der Waals surface area (Å²) in [5, 5.41) is 0.516. The third kappa shape index (κ3) is 2.41. The summed E-state index contributed by atoms with van der Waals surface area (Å²) in [4.78, 5) is 30.2. The number of aromatic amines is 1. The van der Waals surface area contributed by atoms with Crippen LogP contribution in [0.2, 0.25) is 0 Å². The van der Waals surface area contributed by atoms with Crippen LogP contribution in [-0.4, -0.2) is 21.5 Å². The molecule has 126 valence electrons. The summed E-state index contributed by atoms with van der Waals surface area (Å²) in [6.45, 7) is 2.04. The normalized spacial score (nSPS) is 16.2. The molecule has 25 heavy (non-hydrogen) atoms. The maximum atomic E-state index is 13.1. The first-order valence-corrected chi connectivity index (χ1v) is 8.52. The first-order chi connectivity index (χ1) is 12.0. The zero-order valence-corrected chi connectivity index (χ0v) is 14.8. The number of carbonyl (C=O) groups excluding carboxylic acids is 1. The van der Waals surface area contributed by atoms with Gasteiger partial charge in [-0.1, -0.05) is 18.2 Å². The maximum Gasteiger partial charge on any atom is 0.261 e. The lowest BCUT2D eigenvalue weighted by Gasteiger charge is -2.23. The minimum absolute atomic E-state index is 0.0701. The molecule has 0 bridgehead atoms. The number of benzene rings is 2. The van der Waals surface area contributed by atoms with Crippen molar-refractivity contribution in [2.45, 2.75) is 19.4 Å². The van der Waals surface area contributed by atoms with Crippen molar-refractivity contribution < 1.29 is 4.79 Å². The lowest BCUT2D eigenvalue weighted by molar-refractivity contribution is 0.0981. The van der Waals surface area contributed by atoms with Gasteiger partial charge in [0.1, 0.15) is 0 Å². The van der Waals surface area contributed by atoms with Crippen LogP contribution in [0.3, 0.4) is 0 Å². The molecule has 0 aliphatic carbocycles. The van der Waals surface area contributed by atoms with E-state index in [-0.39, 0.29) is 17.5 Å². The molecule has 0 saturated carbocycles. The molecule has 1 N–H and O–H groups in total. The van der Waals surface area contributed by atoms with Crippen LogP contribution < -0.4 is 10.5 Å². The largest absolute Gasteiger partial charge is 0.332 e. The van der Waals surface area contributed by atoms with Gasteiger partial charge in [0.2, 0.25) is 0 Å². The topological polar surface area (TPSA) is 58.1 Å². The monoisotopic (exact) mass is 351 g/mol. The molecule has 4 rings (SSSR count). The van der Waals surface area contributed by atoms with E-state index in [1.54, 1.807) is 25.2 Å². The number of carbonyl (C=O) groups is 1. The molecule has 1 aliphatic heterocycles. The fourth-order valence-corrected chi connectivity index (χ4v) is 3.65. The third-order valence-electron chi connectivity index (χ3n) is 4.77. The van der Waals surface area contributed by atoms with E-state index in [0.29, 0.717) is 21.2 Å². The summed E-state index contributed by atoms with van der Waals surface area (Å²) in [6, 6.07) is 13.2. The van der Waals surface area contributed by atoms with Gasteiger partial charge in [0.05, 0.1) is 10.9 Å². The lowest BCUT2D eigenvalue weighted by Crippen LogP contribution is -2.35. The van der Waals surface area contributed by atoms with Gasteiger partial charge in [-0.05, 0) is 55.4 Å². The van der Waals surface area contributed by atoms with Gasteiger partial charge in [0.25, 0.3) is 11.5 Å². The van der Waals surface area contributed by atoms with Crippen molar-refractivity contribution in [2.24, 2.45) is 7.05 Å². The molecular formula is C19H17N3O2S. The molecule has 1 aromatic heterocycles. The number of anilines is 1. The van der Waals surface area contributed by atoms with E-state index in [2.05, 4.69) is 11.1 Å². The van der Waals surface area contributed by atoms with Crippen molar-refractivity contribution in [1.29, 1.82) is 0 Å². The van der Waals surface area contributed by atoms with Crippen molar-refractivity contribution in [3.63, 3.8) is 0 Å². The highest BCUT2D eigenvalue weighted by molar-refractivity contribution is 7.71. The Labute approximate surface area is 149 Å². The number of fused-ring (bicyclic) bond motifs is 2. The van der Waals surface area contributed by atoms with Crippen molar-refractivity contribution in [1.82, 2.24) is 9.55 Å². The fourth-order valence-electron chi connectivity index (χ4n) is 3.45. The quantitative estimate of drug-likeness (QED) is 0.685. The highest BCUT2D eigenvalue weighted by Gasteiger charge is 2.31. The molecule has 2 heterocycles.